The molecule has 0 heterocycles. The Balaban J connectivity index is 1.78. The molecule has 2 aromatic carbocycles. The fourth-order valence-electron chi connectivity index (χ4n) is 2.89. The number of Topliss-reactive ketones (excluding diaryl/α,β-unsaturated/α-hetero) is 1. The summed E-state index contributed by atoms with van der Waals surface area (Å²) >= 11 is 0. The molecular formula is C24H29NO6. The van der Waals surface area contributed by atoms with Gasteiger partial charge in [-0.2, -0.15) is 0 Å². The lowest BCUT2D eigenvalue weighted by molar-refractivity contribution is -0.156. The number of carbonyl (C=O) groups is 3. The van der Waals surface area contributed by atoms with Crippen LogP contribution in [0.3, 0.4) is 0 Å². The first-order valence-corrected chi connectivity index (χ1v) is 10.2. The SMILES string of the molecule is COc1cc(C(C)=O)ccc1OCC(=O)O[C@H](C)C(=O)N[C@H](C)CCc1ccccc1. The van der Waals surface area contributed by atoms with E-state index in [1.807, 2.05) is 37.3 Å². The predicted molar refractivity (Wildman–Crippen MR) is 116 cm³/mol. The summed E-state index contributed by atoms with van der Waals surface area (Å²) in [5.74, 6) is -0.522. The van der Waals surface area contributed by atoms with E-state index in [1.54, 1.807) is 12.1 Å². The van der Waals surface area contributed by atoms with Crippen LogP contribution >= 0.6 is 0 Å². The lowest BCUT2D eigenvalue weighted by Gasteiger charge is -2.18. The summed E-state index contributed by atoms with van der Waals surface area (Å²) in [7, 11) is 1.44. The highest BCUT2D eigenvalue weighted by molar-refractivity contribution is 5.94. The van der Waals surface area contributed by atoms with Crippen LogP contribution in [0.5, 0.6) is 11.5 Å². The Morgan fingerprint density at radius 3 is 2.35 bits per heavy atom. The molecule has 31 heavy (non-hydrogen) atoms. The van der Waals surface area contributed by atoms with Gasteiger partial charge >= 0.3 is 5.97 Å². The fourth-order valence-corrected chi connectivity index (χ4v) is 2.89. The molecule has 1 N–H and O–H groups in total. The molecule has 0 fully saturated rings. The zero-order valence-corrected chi connectivity index (χ0v) is 18.3. The Morgan fingerprint density at radius 1 is 1.00 bits per heavy atom. The third-order valence-electron chi connectivity index (χ3n) is 4.69. The van der Waals surface area contributed by atoms with Crippen LogP contribution < -0.4 is 14.8 Å². The van der Waals surface area contributed by atoms with Crippen LogP contribution in [-0.2, 0) is 20.7 Å². The molecule has 2 rings (SSSR count). The lowest BCUT2D eigenvalue weighted by atomic mass is 10.1. The molecule has 166 valence electrons. The zero-order chi connectivity index (χ0) is 22.8. The second-order valence-electron chi connectivity index (χ2n) is 7.28. The number of ketones is 1. The van der Waals surface area contributed by atoms with Crippen molar-refractivity contribution in [3.8, 4) is 11.5 Å². The first kappa shape index (κ1) is 23.9. The molecule has 0 spiro atoms. The van der Waals surface area contributed by atoms with Gasteiger partial charge in [0.2, 0.25) is 0 Å². The molecule has 0 aliphatic heterocycles. The van der Waals surface area contributed by atoms with E-state index < -0.39 is 18.7 Å². The van der Waals surface area contributed by atoms with Crippen LogP contribution in [0.1, 0.15) is 43.1 Å². The number of ether oxygens (including phenoxy) is 3. The number of carbonyl (C=O) groups excluding carboxylic acids is 3. The van der Waals surface area contributed by atoms with E-state index in [9.17, 15) is 14.4 Å². The maximum Gasteiger partial charge on any atom is 0.344 e. The van der Waals surface area contributed by atoms with Gasteiger partial charge in [-0.05, 0) is 57.4 Å². The Kier molecular flexibility index (Phi) is 9.06. The summed E-state index contributed by atoms with van der Waals surface area (Å²) in [6.45, 7) is 4.48. The molecule has 0 unspecified atom stereocenters. The van der Waals surface area contributed by atoms with Crippen molar-refractivity contribution in [1.82, 2.24) is 5.32 Å². The summed E-state index contributed by atoms with van der Waals surface area (Å²) in [4.78, 5) is 35.8. The number of amides is 1. The van der Waals surface area contributed by atoms with Crippen molar-refractivity contribution in [2.75, 3.05) is 13.7 Å². The number of esters is 1. The minimum absolute atomic E-state index is 0.0610. The third-order valence-corrected chi connectivity index (χ3v) is 4.69. The van der Waals surface area contributed by atoms with Crippen molar-refractivity contribution in [3.63, 3.8) is 0 Å². The van der Waals surface area contributed by atoms with Crippen molar-refractivity contribution >= 4 is 17.7 Å². The predicted octanol–water partition coefficient (Wildman–Crippen LogP) is 3.35. The van der Waals surface area contributed by atoms with Gasteiger partial charge in [-0.15, -0.1) is 0 Å². The second-order valence-corrected chi connectivity index (χ2v) is 7.28. The zero-order valence-electron chi connectivity index (χ0n) is 18.3. The average molecular weight is 427 g/mol. The fraction of sp³-hybridized carbons (Fsp3) is 0.375. The maximum atomic E-state index is 12.3. The highest BCUT2D eigenvalue weighted by atomic mass is 16.6. The van der Waals surface area contributed by atoms with Crippen molar-refractivity contribution in [2.24, 2.45) is 0 Å². The van der Waals surface area contributed by atoms with Crippen molar-refractivity contribution in [1.29, 1.82) is 0 Å². The van der Waals surface area contributed by atoms with Crippen LogP contribution in [0.4, 0.5) is 0 Å². The average Bonchev–Trinajstić information content (AvgIpc) is 2.76. The number of hydrogen-bond acceptors (Lipinski definition) is 6. The topological polar surface area (TPSA) is 90.9 Å². The second kappa shape index (κ2) is 11.7. The summed E-state index contributed by atoms with van der Waals surface area (Å²) < 4.78 is 15.8. The van der Waals surface area contributed by atoms with Gasteiger partial charge in [0.15, 0.2) is 30.0 Å². The summed E-state index contributed by atoms with van der Waals surface area (Å²) in [6.07, 6.45) is 0.668. The van der Waals surface area contributed by atoms with Gasteiger partial charge in [0.05, 0.1) is 7.11 Å². The lowest BCUT2D eigenvalue weighted by Crippen LogP contribution is -2.41. The quantitative estimate of drug-likeness (QED) is 0.437. The van der Waals surface area contributed by atoms with Gasteiger partial charge in [0, 0.05) is 11.6 Å². The summed E-state index contributed by atoms with van der Waals surface area (Å²) in [5, 5.41) is 2.86. The standard InChI is InChI=1S/C24H29NO6/c1-16(10-11-19-8-6-5-7-9-19)25-24(28)18(3)31-23(27)15-30-21-13-12-20(17(2)26)14-22(21)29-4/h5-9,12-14,16,18H,10-11,15H2,1-4H3,(H,25,28)/t16-,18-/m1/s1. The number of aryl methyl sites for hydroxylation is 1. The highest BCUT2D eigenvalue weighted by Crippen LogP contribution is 2.28. The molecule has 7 nitrogen and oxygen atoms in total. The first-order chi connectivity index (χ1) is 14.8. The van der Waals surface area contributed by atoms with Crippen LogP contribution in [0.15, 0.2) is 48.5 Å². The molecule has 0 aliphatic rings. The van der Waals surface area contributed by atoms with E-state index in [4.69, 9.17) is 14.2 Å². The molecular weight excluding hydrogens is 398 g/mol. The Labute approximate surface area is 182 Å². The molecule has 0 bridgehead atoms. The molecule has 7 heteroatoms. The molecule has 2 aromatic rings. The monoisotopic (exact) mass is 427 g/mol. The van der Waals surface area contributed by atoms with Crippen molar-refractivity contribution in [3.05, 3.63) is 59.7 Å². The van der Waals surface area contributed by atoms with E-state index >= 15 is 0 Å². The Bertz CT molecular complexity index is 896. The van der Waals surface area contributed by atoms with Gasteiger partial charge in [0.1, 0.15) is 0 Å². The summed E-state index contributed by atoms with van der Waals surface area (Å²) in [5.41, 5.74) is 1.67. The highest BCUT2D eigenvalue weighted by Gasteiger charge is 2.20. The minimum atomic E-state index is -0.947. The van der Waals surface area contributed by atoms with Crippen LogP contribution in [0.2, 0.25) is 0 Å². The molecule has 0 aliphatic carbocycles. The minimum Gasteiger partial charge on any atom is -0.493 e. The van der Waals surface area contributed by atoms with Crippen molar-refractivity contribution in [2.45, 2.75) is 45.8 Å². The van der Waals surface area contributed by atoms with E-state index in [2.05, 4.69) is 5.32 Å². The molecule has 0 saturated carbocycles. The van der Waals surface area contributed by atoms with Crippen molar-refractivity contribution < 1.29 is 28.6 Å². The smallest absolute Gasteiger partial charge is 0.344 e. The van der Waals surface area contributed by atoms with Gasteiger partial charge in [-0.25, -0.2) is 4.79 Å². The Morgan fingerprint density at radius 2 is 1.71 bits per heavy atom. The molecule has 0 radical (unpaired) electrons. The first-order valence-electron chi connectivity index (χ1n) is 10.2. The van der Waals surface area contributed by atoms with Crippen LogP contribution in [-0.4, -0.2) is 43.5 Å². The number of hydrogen-bond donors (Lipinski definition) is 1. The van der Waals surface area contributed by atoms with Gasteiger partial charge < -0.3 is 19.5 Å². The van der Waals surface area contributed by atoms with E-state index in [0.717, 1.165) is 12.8 Å². The number of nitrogens with one attached hydrogen (secondary N) is 1. The number of methoxy groups -OCH3 is 1. The van der Waals surface area contributed by atoms with E-state index in [0.29, 0.717) is 17.1 Å². The van der Waals surface area contributed by atoms with E-state index in [1.165, 1.54) is 32.6 Å². The largest absolute Gasteiger partial charge is 0.493 e. The van der Waals surface area contributed by atoms with Gasteiger partial charge in [-0.1, -0.05) is 30.3 Å². The third kappa shape index (κ3) is 7.77. The number of benzene rings is 2. The van der Waals surface area contributed by atoms with Gasteiger partial charge in [0.25, 0.3) is 5.91 Å². The molecule has 0 aromatic heterocycles. The van der Waals surface area contributed by atoms with Crippen LogP contribution in [0.25, 0.3) is 0 Å². The Hall–Kier alpha value is -3.35. The summed E-state index contributed by atoms with van der Waals surface area (Å²) in [6, 6.07) is 14.6. The normalized spacial score (nSPS) is 12.4. The van der Waals surface area contributed by atoms with E-state index in [-0.39, 0.29) is 17.7 Å². The van der Waals surface area contributed by atoms with Crippen LogP contribution in [0, 0.1) is 0 Å². The molecule has 1 amide bonds. The molecule has 2 atom stereocenters. The maximum absolute atomic E-state index is 12.3. The molecule has 0 saturated heterocycles. The van der Waals surface area contributed by atoms with Gasteiger partial charge in [-0.3, -0.25) is 9.59 Å². The number of rotatable bonds is 11.